The molecule has 3 heteroatoms. The average Bonchev–Trinajstić information content (AvgIpc) is 2.40. The highest BCUT2D eigenvalue weighted by Gasteiger charge is 2.19. The van der Waals surface area contributed by atoms with Crippen LogP contribution < -0.4 is 11.5 Å². The van der Waals surface area contributed by atoms with Gasteiger partial charge in [-0.05, 0) is 48.1 Å². The summed E-state index contributed by atoms with van der Waals surface area (Å²) < 4.78 is 0. The van der Waals surface area contributed by atoms with Crippen LogP contribution in [0.5, 0.6) is 0 Å². The summed E-state index contributed by atoms with van der Waals surface area (Å²) in [6, 6.07) is 9.81. The first-order valence-corrected chi connectivity index (χ1v) is 7.42. The van der Waals surface area contributed by atoms with Crippen molar-refractivity contribution in [2.75, 3.05) is 5.73 Å². The lowest BCUT2D eigenvalue weighted by Crippen LogP contribution is -2.15. The monoisotopic (exact) mass is 296 g/mol. The number of benzene rings is 2. The number of aryl methyl sites for hydroxylation is 2. The topological polar surface area (TPSA) is 69.1 Å². The molecular weight excluding hydrogens is 272 g/mol. The molecule has 2 rings (SSSR count). The maximum absolute atomic E-state index is 11.8. The van der Waals surface area contributed by atoms with Crippen molar-refractivity contribution >= 4 is 11.6 Å². The van der Waals surface area contributed by atoms with Gasteiger partial charge in [-0.1, -0.05) is 44.5 Å². The minimum Gasteiger partial charge on any atom is -0.398 e. The third kappa shape index (κ3) is 2.98. The van der Waals surface area contributed by atoms with Crippen LogP contribution in [0.1, 0.15) is 47.8 Å². The Morgan fingerprint density at radius 2 is 1.64 bits per heavy atom. The van der Waals surface area contributed by atoms with Gasteiger partial charge in [-0.15, -0.1) is 0 Å². The van der Waals surface area contributed by atoms with Crippen LogP contribution in [0.15, 0.2) is 30.3 Å². The molecule has 1 amide bonds. The van der Waals surface area contributed by atoms with E-state index >= 15 is 0 Å². The van der Waals surface area contributed by atoms with Gasteiger partial charge in [0.05, 0.1) is 0 Å². The van der Waals surface area contributed by atoms with Crippen molar-refractivity contribution in [3.8, 4) is 11.1 Å². The minimum absolute atomic E-state index is 0.00389. The van der Waals surface area contributed by atoms with Crippen LogP contribution in [0.2, 0.25) is 0 Å². The number of nitrogens with two attached hydrogens (primary N) is 2. The SMILES string of the molecule is Cc1ccc(C(N)=O)c(-c2cc(C(C)(C)C)cc(C)c2N)c1. The van der Waals surface area contributed by atoms with E-state index in [1.54, 1.807) is 6.07 Å². The quantitative estimate of drug-likeness (QED) is 0.824. The summed E-state index contributed by atoms with van der Waals surface area (Å²) in [5.41, 5.74) is 18.0. The van der Waals surface area contributed by atoms with E-state index in [4.69, 9.17) is 11.5 Å². The van der Waals surface area contributed by atoms with Gasteiger partial charge in [-0.3, -0.25) is 4.79 Å². The second-order valence-electron chi connectivity index (χ2n) is 6.92. The second-order valence-corrected chi connectivity index (χ2v) is 6.92. The predicted octanol–water partition coefficient (Wildman–Crippen LogP) is 3.95. The Kier molecular flexibility index (Phi) is 4.01. The van der Waals surface area contributed by atoms with Gasteiger partial charge in [-0.2, -0.15) is 0 Å². The molecule has 2 aromatic rings. The molecule has 0 aliphatic rings. The number of rotatable bonds is 2. The zero-order chi connectivity index (χ0) is 16.7. The molecule has 0 saturated heterocycles. The summed E-state index contributed by atoms with van der Waals surface area (Å²) in [4.78, 5) is 11.8. The van der Waals surface area contributed by atoms with Crippen LogP contribution in [0, 0.1) is 13.8 Å². The number of hydrogen-bond acceptors (Lipinski definition) is 2. The van der Waals surface area contributed by atoms with Crippen LogP contribution in [-0.2, 0) is 5.41 Å². The summed E-state index contributed by atoms with van der Waals surface area (Å²) in [6.07, 6.45) is 0. The highest BCUT2D eigenvalue weighted by Crippen LogP contribution is 2.36. The second kappa shape index (κ2) is 5.48. The Morgan fingerprint density at radius 1 is 1.00 bits per heavy atom. The van der Waals surface area contributed by atoms with Gasteiger partial charge in [0.15, 0.2) is 0 Å². The maximum atomic E-state index is 11.8. The van der Waals surface area contributed by atoms with Gasteiger partial charge in [-0.25, -0.2) is 0 Å². The standard InChI is InChI=1S/C19H24N2O/c1-11-6-7-14(18(21)22)15(8-11)16-10-13(19(3,4)5)9-12(2)17(16)20/h6-10H,20H2,1-5H3,(H2,21,22). The van der Waals surface area contributed by atoms with E-state index in [0.717, 1.165) is 22.3 Å². The van der Waals surface area contributed by atoms with E-state index in [-0.39, 0.29) is 5.41 Å². The van der Waals surface area contributed by atoms with Crippen molar-refractivity contribution < 1.29 is 4.79 Å². The molecule has 0 aliphatic carbocycles. The minimum atomic E-state index is -0.437. The van der Waals surface area contributed by atoms with Crippen molar-refractivity contribution in [3.63, 3.8) is 0 Å². The molecule has 22 heavy (non-hydrogen) atoms. The van der Waals surface area contributed by atoms with E-state index in [0.29, 0.717) is 11.3 Å². The molecule has 0 bridgehead atoms. The number of carbonyl (C=O) groups excluding carboxylic acids is 1. The fraction of sp³-hybridized carbons (Fsp3) is 0.316. The van der Waals surface area contributed by atoms with E-state index < -0.39 is 5.91 Å². The normalized spacial score (nSPS) is 11.5. The molecule has 0 aromatic heterocycles. The molecule has 0 heterocycles. The van der Waals surface area contributed by atoms with E-state index in [1.165, 1.54) is 5.56 Å². The third-order valence-electron chi connectivity index (χ3n) is 3.98. The Morgan fingerprint density at radius 3 is 2.18 bits per heavy atom. The number of hydrogen-bond donors (Lipinski definition) is 2. The highest BCUT2D eigenvalue weighted by atomic mass is 16.1. The maximum Gasteiger partial charge on any atom is 0.249 e. The summed E-state index contributed by atoms with van der Waals surface area (Å²) in [5.74, 6) is -0.437. The fourth-order valence-electron chi connectivity index (χ4n) is 2.55. The number of carbonyl (C=O) groups is 1. The molecule has 116 valence electrons. The molecule has 0 atom stereocenters. The zero-order valence-corrected chi connectivity index (χ0v) is 13.9. The lowest BCUT2D eigenvalue weighted by molar-refractivity contribution is 0.100. The van der Waals surface area contributed by atoms with Crippen LogP contribution in [0.25, 0.3) is 11.1 Å². The van der Waals surface area contributed by atoms with E-state index in [9.17, 15) is 4.79 Å². The van der Waals surface area contributed by atoms with Crippen molar-refractivity contribution in [1.82, 2.24) is 0 Å². The molecule has 0 radical (unpaired) electrons. The predicted molar refractivity (Wildman–Crippen MR) is 93.0 cm³/mol. The molecule has 0 unspecified atom stereocenters. The number of anilines is 1. The van der Waals surface area contributed by atoms with Gasteiger partial charge in [0.1, 0.15) is 0 Å². The molecule has 0 aliphatic heterocycles. The molecule has 3 nitrogen and oxygen atoms in total. The van der Waals surface area contributed by atoms with Crippen molar-refractivity contribution in [3.05, 3.63) is 52.6 Å². The van der Waals surface area contributed by atoms with Crippen molar-refractivity contribution in [2.45, 2.75) is 40.0 Å². The van der Waals surface area contributed by atoms with Crippen LogP contribution in [0.3, 0.4) is 0 Å². The first-order valence-electron chi connectivity index (χ1n) is 7.42. The number of nitrogen functional groups attached to an aromatic ring is 1. The Hall–Kier alpha value is -2.29. The lowest BCUT2D eigenvalue weighted by atomic mass is 9.83. The molecular formula is C19H24N2O. The smallest absolute Gasteiger partial charge is 0.249 e. The Bertz CT molecular complexity index is 740. The van der Waals surface area contributed by atoms with Crippen LogP contribution >= 0.6 is 0 Å². The van der Waals surface area contributed by atoms with Crippen molar-refractivity contribution in [2.24, 2.45) is 5.73 Å². The first kappa shape index (κ1) is 16.1. The fourth-order valence-corrected chi connectivity index (χ4v) is 2.55. The van der Waals surface area contributed by atoms with E-state index in [2.05, 4.69) is 32.9 Å². The number of amides is 1. The molecule has 4 N–H and O–H groups in total. The van der Waals surface area contributed by atoms with Gasteiger partial charge >= 0.3 is 0 Å². The first-order chi connectivity index (χ1) is 10.1. The lowest BCUT2D eigenvalue weighted by Gasteiger charge is -2.23. The average molecular weight is 296 g/mol. The van der Waals surface area contributed by atoms with Gasteiger partial charge in [0, 0.05) is 16.8 Å². The van der Waals surface area contributed by atoms with Gasteiger partial charge in [0.25, 0.3) is 0 Å². The summed E-state index contributed by atoms with van der Waals surface area (Å²) in [6.45, 7) is 10.5. The molecule has 2 aromatic carbocycles. The molecule has 0 saturated carbocycles. The zero-order valence-electron chi connectivity index (χ0n) is 13.9. The Balaban J connectivity index is 2.80. The Labute approximate surface area is 132 Å². The summed E-state index contributed by atoms with van der Waals surface area (Å²) in [5, 5.41) is 0. The van der Waals surface area contributed by atoms with Crippen LogP contribution in [-0.4, -0.2) is 5.91 Å². The third-order valence-corrected chi connectivity index (χ3v) is 3.98. The summed E-state index contributed by atoms with van der Waals surface area (Å²) in [7, 11) is 0. The van der Waals surface area contributed by atoms with E-state index in [1.807, 2.05) is 26.0 Å². The summed E-state index contributed by atoms with van der Waals surface area (Å²) >= 11 is 0. The highest BCUT2D eigenvalue weighted by molar-refractivity contribution is 6.01. The largest absolute Gasteiger partial charge is 0.398 e. The van der Waals surface area contributed by atoms with Gasteiger partial charge < -0.3 is 11.5 Å². The number of primary amides is 1. The van der Waals surface area contributed by atoms with Gasteiger partial charge in [0.2, 0.25) is 5.91 Å². The molecule has 0 fully saturated rings. The molecule has 0 spiro atoms. The van der Waals surface area contributed by atoms with Crippen LogP contribution in [0.4, 0.5) is 5.69 Å². The van der Waals surface area contributed by atoms with Crippen molar-refractivity contribution in [1.29, 1.82) is 0 Å².